The largest absolute Gasteiger partial charge is 0.416 e. The zero-order valence-corrected chi connectivity index (χ0v) is 19.2. The number of aromatic amines is 1. The van der Waals surface area contributed by atoms with E-state index in [0.29, 0.717) is 31.9 Å². The second-order valence-corrected chi connectivity index (χ2v) is 9.86. The Bertz CT molecular complexity index is 1220. The summed E-state index contributed by atoms with van der Waals surface area (Å²) in [5.41, 5.74) is 0.959. The summed E-state index contributed by atoms with van der Waals surface area (Å²) in [6.07, 6.45) is -2.89. The van der Waals surface area contributed by atoms with Gasteiger partial charge in [-0.2, -0.15) is 13.2 Å². The fourth-order valence-corrected chi connectivity index (χ4v) is 5.14. The van der Waals surface area contributed by atoms with Crippen LogP contribution in [0.15, 0.2) is 53.0 Å². The van der Waals surface area contributed by atoms with Crippen molar-refractivity contribution >= 4 is 38.6 Å². The van der Waals surface area contributed by atoms with Gasteiger partial charge in [0, 0.05) is 52.5 Å². The number of amides is 2. The van der Waals surface area contributed by atoms with Gasteiger partial charge in [-0.3, -0.25) is 9.59 Å². The summed E-state index contributed by atoms with van der Waals surface area (Å²) in [6.45, 7) is 2.35. The molecule has 0 radical (unpaired) electrons. The minimum Gasteiger partial charge on any atom is -0.350 e. The number of hydrogen-bond acceptors (Lipinski definition) is 2. The van der Waals surface area contributed by atoms with Crippen LogP contribution in [0.5, 0.6) is 0 Å². The maximum atomic E-state index is 12.9. The van der Waals surface area contributed by atoms with Crippen LogP contribution in [0.2, 0.25) is 0 Å². The fourth-order valence-electron chi connectivity index (χ4n) is 4.78. The van der Waals surface area contributed by atoms with Gasteiger partial charge in [0.1, 0.15) is 5.69 Å². The van der Waals surface area contributed by atoms with E-state index in [2.05, 4.69) is 20.9 Å². The van der Waals surface area contributed by atoms with Crippen LogP contribution in [0.3, 0.4) is 0 Å². The number of benzene rings is 2. The van der Waals surface area contributed by atoms with Crippen LogP contribution >= 0.6 is 15.9 Å². The molecule has 2 aliphatic rings. The Kier molecular flexibility index (Phi) is 5.27. The Hall–Kier alpha value is -2.81. The predicted octanol–water partition coefficient (Wildman–Crippen LogP) is 5.33. The Morgan fingerprint density at radius 2 is 1.58 bits per heavy atom. The van der Waals surface area contributed by atoms with Gasteiger partial charge in [-0.1, -0.05) is 22.0 Å². The molecule has 33 heavy (non-hydrogen) atoms. The molecule has 0 unspecified atom stereocenters. The minimum atomic E-state index is -4.42. The molecular weight excluding hydrogens is 499 g/mol. The molecule has 9 heteroatoms. The highest BCUT2D eigenvalue weighted by Gasteiger charge is 2.47. The zero-order valence-electron chi connectivity index (χ0n) is 17.6. The van der Waals surface area contributed by atoms with E-state index in [1.807, 2.05) is 29.2 Å². The standard InChI is InChI=1S/C24H21BrF3N3O2/c25-18-6-3-16-11-20(29-19(16)12-18)22(33)31-13-23(14-31)7-9-30(10-8-23)21(32)15-1-4-17(5-2-15)24(26,27)28/h1-6,11-12,29H,7-10,13-14H2. The van der Waals surface area contributed by atoms with Crippen molar-refractivity contribution in [2.75, 3.05) is 26.2 Å². The van der Waals surface area contributed by atoms with Crippen LogP contribution in [0.4, 0.5) is 13.2 Å². The topological polar surface area (TPSA) is 56.4 Å². The van der Waals surface area contributed by atoms with Gasteiger partial charge in [0.15, 0.2) is 0 Å². The van der Waals surface area contributed by atoms with E-state index in [9.17, 15) is 22.8 Å². The van der Waals surface area contributed by atoms with E-state index in [-0.39, 0.29) is 22.8 Å². The van der Waals surface area contributed by atoms with Crippen molar-refractivity contribution in [1.82, 2.24) is 14.8 Å². The second-order valence-electron chi connectivity index (χ2n) is 8.94. The molecule has 2 fully saturated rings. The van der Waals surface area contributed by atoms with Crippen molar-refractivity contribution in [2.24, 2.45) is 5.41 Å². The SMILES string of the molecule is O=C(c1ccc(C(F)(F)F)cc1)N1CCC2(CC1)CN(C(=O)c1cc3ccc(Br)cc3[nH]1)C2. The first-order valence-electron chi connectivity index (χ1n) is 10.7. The molecule has 1 spiro atoms. The molecule has 5 nitrogen and oxygen atoms in total. The highest BCUT2D eigenvalue weighted by Crippen LogP contribution is 2.41. The number of likely N-dealkylation sites (tertiary alicyclic amines) is 2. The highest BCUT2D eigenvalue weighted by atomic mass is 79.9. The van der Waals surface area contributed by atoms with Gasteiger partial charge in [-0.25, -0.2) is 0 Å². The van der Waals surface area contributed by atoms with Crippen molar-refractivity contribution in [2.45, 2.75) is 19.0 Å². The number of carbonyl (C=O) groups is 2. The lowest BCUT2D eigenvalue weighted by Crippen LogP contribution is -2.62. The van der Waals surface area contributed by atoms with Crippen LogP contribution in [0.25, 0.3) is 10.9 Å². The van der Waals surface area contributed by atoms with Crippen LogP contribution in [-0.2, 0) is 6.18 Å². The highest BCUT2D eigenvalue weighted by molar-refractivity contribution is 9.10. The maximum absolute atomic E-state index is 12.9. The van der Waals surface area contributed by atoms with Gasteiger partial charge in [-0.15, -0.1) is 0 Å². The number of hydrogen-bond donors (Lipinski definition) is 1. The number of nitrogens with one attached hydrogen (secondary N) is 1. The molecule has 2 aliphatic heterocycles. The summed E-state index contributed by atoms with van der Waals surface area (Å²) in [5.74, 6) is -0.286. The molecule has 0 aliphatic carbocycles. The number of alkyl halides is 3. The molecule has 1 N–H and O–H groups in total. The molecule has 2 amide bonds. The van der Waals surface area contributed by atoms with E-state index >= 15 is 0 Å². The quantitative estimate of drug-likeness (QED) is 0.497. The third kappa shape index (κ3) is 4.14. The zero-order chi connectivity index (χ0) is 23.4. The number of H-pyrrole nitrogens is 1. The Morgan fingerprint density at radius 1 is 0.909 bits per heavy atom. The second kappa shape index (κ2) is 7.90. The number of nitrogens with zero attached hydrogens (tertiary/aromatic N) is 2. The molecule has 0 saturated carbocycles. The van der Waals surface area contributed by atoms with Crippen LogP contribution < -0.4 is 0 Å². The lowest BCUT2D eigenvalue weighted by molar-refractivity contribution is -0.137. The summed E-state index contributed by atoms with van der Waals surface area (Å²) >= 11 is 3.43. The number of carbonyl (C=O) groups excluding carboxylic acids is 2. The molecule has 5 rings (SSSR count). The summed E-state index contributed by atoms with van der Waals surface area (Å²) < 4.78 is 39.2. The molecule has 3 aromatic rings. The van der Waals surface area contributed by atoms with E-state index in [1.54, 1.807) is 4.90 Å². The first-order chi connectivity index (χ1) is 15.6. The normalized spacial score (nSPS) is 17.9. The molecule has 2 aromatic carbocycles. The van der Waals surface area contributed by atoms with Crippen molar-refractivity contribution in [3.63, 3.8) is 0 Å². The predicted molar refractivity (Wildman–Crippen MR) is 121 cm³/mol. The van der Waals surface area contributed by atoms with Crippen molar-refractivity contribution in [3.8, 4) is 0 Å². The fraction of sp³-hybridized carbons (Fsp3) is 0.333. The molecular formula is C24H21BrF3N3O2. The van der Waals surface area contributed by atoms with E-state index in [4.69, 9.17) is 0 Å². The van der Waals surface area contributed by atoms with Gasteiger partial charge in [0.05, 0.1) is 5.56 Å². The summed E-state index contributed by atoms with van der Waals surface area (Å²) in [6, 6.07) is 12.0. The number of fused-ring (bicyclic) bond motifs is 1. The lowest BCUT2D eigenvalue weighted by Gasteiger charge is -2.53. The number of aromatic nitrogens is 1. The molecule has 0 atom stereocenters. The smallest absolute Gasteiger partial charge is 0.350 e. The Balaban J connectivity index is 1.18. The van der Waals surface area contributed by atoms with E-state index < -0.39 is 11.7 Å². The molecule has 3 heterocycles. The van der Waals surface area contributed by atoms with E-state index in [0.717, 1.165) is 40.4 Å². The van der Waals surface area contributed by atoms with Crippen LogP contribution in [0, 0.1) is 5.41 Å². The lowest BCUT2D eigenvalue weighted by atomic mass is 9.72. The summed E-state index contributed by atoms with van der Waals surface area (Å²) in [5, 5.41) is 0.979. The first-order valence-corrected chi connectivity index (χ1v) is 11.5. The summed E-state index contributed by atoms with van der Waals surface area (Å²) in [7, 11) is 0. The Morgan fingerprint density at radius 3 is 2.21 bits per heavy atom. The maximum Gasteiger partial charge on any atom is 0.416 e. The number of piperidine rings is 1. The Labute approximate surface area is 196 Å². The molecule has 2 saturated heterocycles. The number of rotatable bonds is 2. The minimum absolute atomic E-state index is 0.00161. The van der Waals surface area contributed by atoms with Crippen LogP contribution in [0.1, 0.15) is 39.3 Å². The van der Waals surface area contributed by atoms with Gasteiger partial charge in [0.25, 0.3) is 11.8 Å². The molecule has 1 aromatic heterocycles. The van der Waals surface area contributed by atoms with Gasteiger partial charge >= 0.3 is 6.18 Å². The van der Waals surface area contributed by atoms with Crippen molar-refractivity contribution < 1.29 is 22.8 Å². The average Bonchev–Trinajstić information content (AvgIpc) is 3.19. The van der Waals surface area contributed by atoms with Gasteiger partial charge in [0.2, 0.25) is 0 Å². The molecule has 0 bridgehead atoms. The van der Waals surface area contributed by atoms with Crippen LogP contribution in [-0.4, -0.2) is 52.8 Å². The van der Waals surface area contributed by atoms with Gasteiger partial charge in [-0.05, 0) is 55.3 Å². The van der Waals surface area contributed by atoms with Crippen molar-refractivity contribution in [3.05, 3.63) is 69.8 Å². The third-order valence-corrected chi connectivity index (χ3v) is 7.22. The van der Waals surface area contributed by atoms with E-state index in [1.165, 1.54) is 12.1 Å². The molecule has 172 valence electrons. The first kappa shape index (κ1) is 22.0. The number of halogens is 4. The van der Waals surface area contributed by atoms with Gasteiger partial charge < -0.3 is 14.8 Å². The summed E-state index contributed by atoms with van der Waals surface area (Å²) in [4.78, 5) is 32.3. The average molecular weight is 520 g/mol. The monoisotopic (exact) mass is 519 g/mol. The van der Waals surface area contributed by atoms with Crippen molar-refractivity contribution in [1.29, 1.82) is 0 Å². The third-order valence-electron chi connectivity index (χ3n) is 6.73.